The molecule has 34 heavy (non-hydrogen) atoms. The van der Waals surface area contributed by atoms with Crippen molar-refractivity contribution >= 4 is 21.9 Å². The van der Waals surface area contributed by atoms with Crippen LogP contribution in [0, 0.1) is 13.8 Å². The predicted molar refractivity (Wildman–Crippen MR) is 141 cm³/mol. The Labute approximate surface area is 201 Å². The number of pyridine rings is 1. The van der Waals surface area contributed by atoms with E-state index in [1.807, 2.05) is 0 Å². The number of aryl methyl sites for hydroxylation is 3. The number of fused-ring (bicyclic) bond motifs is 3. The van der Waals surface area contributed by atoms with Crippen LogP contribution in [0.25, 0.3) is 44.3 Å². The van der Waals surface area contributed by atoms with Crippen molar-refractivity contribution in [2.45, 2.75) is 51.9 Å². The van der Waals surface area contributed by atoms with Gasteiger partial charge in [-0.25, -0.2) is 4.57 Å². The quantitative estimate of drug-likeness (QED) is 0.254. The molecule has 0 bridgehead atoms. The van der Waals surface area contributed by atoms with Gasteiger partial charge in [0, 0.05) is 39.1 Å². The van der Waals surface area contributed by atoms with Gasteiger partial charge in [-0.2, -0.15) is 0 Å². The first-order valence-corrected chi connectivity index (χ1v) is 12.6. The van der Waals surface area contributed by atoms with Crippen LogP contribution in [0.4, 0.5) is 0 Å². The van der Waals surface area contributed by atoms with E-state index in [0.29, 0.717) is 5.92 Å². The zero-order valence-electron chi connectivity index (χ0n) is 20.4. The third kappa shape index (κ3) is 3.44. The van der Waals surface area contributed by atoms with E-state index in [4.69, 9.17) is 4.42 Å². The zero-order valence-corrected chi connectivity index (χ0v) is 20.4. The Balaban J connectivity index is 1.57. The van der Waals surface area contributed by atoms with Crippen LogP contribution in [0.15, 0.2) is 77.3 Å². The summed E-state index contributed by atoms with van der Waals surface area (Å²) in [4.78, 5) is 0. The molecule has 5 aromatic rings. The second kappa shape index (κ2) is 8.43. The molecule has 0 amide bonds. The Morgan fingerprint density at radius 3 is 2.21 bits per heavy atom. The minimum absolute atomic E-state index is 0.617. The summed E-state index contributed by atoms with van der Waals surface area (Å²) in [6.45, 7) is 4.38. The summed E-state index contributed by atoms with van der Waals surface area (Å²) in [6, 6.07) is 24.3. The molecule has 0 atom stereocenters. The Morgan fingerprint density at radius 2 is 1.41 bits per heavy atom. The van der Waals surface area contributed by atoms with Crippen LogP contribution in [0.2, 0.25) is 0 Å². The fourth-order valence-corrected chi connectivity index (χ4v) is 5.99. The lowest BCUT2D eigenvalue weighted by Gasteiger charge is -2.21. The van der Waals surface area contributed by atoms with Crippen LogP contribution in [0.5, 0.6) is 0 Å². The standard InChI is InChI=1S/C32H32NO/c1-21-11-7-8-14-24(21)30-19-29(22(2)20-33(30)3)28-18-10-17-27-26-16-9-15-25(31(26)34-32(27)28)23-12-5-4-6-13-23/h7-11,14-20,23H,4-6,12-13H2,1-3H3/q+1. The number of hydrogen-bond donors (Lipinski definition) is 0. The molecule has 0 unspecified atom stereocenters. The molecule has 0 radical (unpaired) electrons. The first kappa shape index (κ1) is 21.2. The molecule has 1 aliphatic carbocycles. The summed E-state index contributed by atoms with van der Waals surface area (Å²) < 4.78 is 9.01. The summed E-state index contributed by atoms with van der Waals surface area (Å²) in [7, 11) is 2.14. The van der Waals surface area contributed by atoms with Crippen molar-refractivity contribution in [1.29, 1.82) is 0 Å². The van der Waals surface area contributed by atoms with E-state index in [1.54, 1.807) is 0 Å². The fraction of sp³-hybridized carbons (Fsp3) is 0.281. The van der Waals surface area contributed by atoms with Crippen molar-refractivity contribution in [3.05, 3.63) is 89.6 Å². The molecule has 3 aromatic carbocycles. The predicted octanol–water partition coefficient (Wildman–Crippen LogP) is 8.41. The molecular formula is C32H32NO+. The van der Waals surface area contributed by atoms with Crippen molar-refractivity contribution in [2.24, 2.45) is 7.05 Å². The molecule has 2 aromatic heterocycles. The van der Waals surface area contributed by atoms with Gasteiger partial charge < -0.3 is 4.42 Å². The molecule has 1 saturated carbocycles. The number of para-hydroxylation sites is 2. The highest BCUT2D eigenvalue weighted by atomic mass is 16.3. The van der Waals surface area contributed by atoms with Crippen LogP contribution in [-0.4, -0.2) is 0 Å². The molecule has 1 fully saturated rings. The van der Waals surface area contributed by atoms with E-state index in [9.17, 15) is 0 Å². The van der Waals surface area contributed by atoms with Crippen LogP contribution < -0.4 is 4.57 Å². The summed E-state index contributed by atoms with van der Waals surface area (Å²) in [5, 5.41) is 2.47. The molecule has 0 aliphatic heterocycles. The van der Waals surface area contributed by atoms with Gasteiger partial charge in [-0.1, -0.05) is 73.9 Å². The van der Waals surface area contributed by atoms with Crippen LogP contribution in [0.3, 0.4) is 0 Å². The molecule has 0 N–H and O–H groups in total. The van der Waals surface area contributed by atoms with Crippen molar-refractivity contribution in [2.75, 3.05) is 0 Å². The van der Waals surface area contributed by atoms with Crippen LogP contribution in [-0.2, 0) is 7.05 Å². The number of hydrogen-bond acceptors (Lipinski definition) is 1. The van der Waals surface area contributed by atoms with Gasteiger partial charge >= 0.3 is 0 Å². The molecule has 170 valence electrons. The smallest absolute Gasteiger partial charge is 0.213 e. The lowest BCUT2D eigenvalue weighted by atomic mass is 9.83. The third-order valence-electron chi connectivity index (χ3n) is 7.78. The molecule has 2 heteroatoms. The molecular weight excluding hydrogens is 414 g/mol. The van der Waals surface area contributed by atoms with Crippen molar-refractivity contribution in [3.63, 3.8) is 0 Å². The van der Waals surface area contributed by atoms with E-state index in [-0.39, 0.29) is 0 Å². The summed E-state index contributed by atoms with van der Waals surface area (Å²) in [5.74, 6) is 0.617. The highest BCUT2D eigenvalue weighted by molar-refractivity contribution is 6.10. The molecule has 2 nitrogen and oxygen atoms in total. The highest BCUT2D eigenvalue weighted by Gasteiger charge is 2.23. The Kier molecular flexibility index (Phi) is 5.25. The number of benzene rings is 3. The second-order valence-corrected chi connectivity index (χ2v) is 10.0. The van der Waals surface area contributed by atoms with Crippen molar-refractivity contribution < 1.29 is 8.98 Å². The van der Waals surface area contributed by atoms with E-state index in [1.165, 1.54) is 82.0 Å². The Bertz CT molecular complexity index is 1520. The van der Waals surface area contributed by atoms with Crippen LogP contribution >= 0.6 is 0 Å². The lowest BCUT2D eigenvalue weighted by molar-refractivity contribution is -0.660. The Morgan fingerprint density at radius 1 is 0.706 bits per heavy atom. The number of rotatable bonds is 3. The lowest BCUT2D eigenvalue weighted by Crippen LogP contribution is -2.31. The second-order valence-electron chi connectivity index (χ2n) is 10.0. The number of furan rings is 1. The zero-order chi connectivity index (χ0) is 23.2. The van der Waals surface area contributed by atoms with Gasteiger partial charge in [-0.3, -0.25) is 0 Å². The molecule has 0 spiro atoms. The monoisotopic (exact) mass is 446 g/mol. The number of nitrogens with zero attached hydrogens (tertiary/aromatic N) is 1. The maximum atomic E-state index is 6.77. The maximum absolute atomic E-state index is 6.77. The molecule has 0 saturated heterocycles. The van der Waals surface area contributed by atoms with E-state index in [0.717, 1.165) is 11.2 Å². The minimum Gasteiger partial charge on any atom is -0.455 e. The number of aromatic nitrogens is 1. The van der Waals surface area contributed by atoms with E-state index < -0.39 is 0 Å². The fourth-order valence-electron chi connectivity index (χ4n) is 5.99. The minimum atomic E-state index is 0.617. The van der Waals surface area contributed by atoms with Gasteiger partial charge in [0.25, 0.3) is 0 Å². The van der Waals surface area contributed by atoms with Crippen molar-refractivity contribution in [1.82, 2.24) is 0 Å². The molecule has 1 aliphatic rings. The average molecular weight is 447 g/mol. The summed E-state index contributed by atoms with van der Waals surface area (Å²) in [6.07, 6.45) is 8.81. The first-order valence-electron chi connectivity index (χ1n) is 12.6. The van der Waals surface area contributed by atoms with Gasteiger partial charge in [0.15, 0.2) is 6.20 Å². The molecule has 6 rings (SSSR count). The van der Waals surface area contributed by atoms with Crippen molar-refractivity contribution in [3.8, 4) is 22.4 Å². The normalized spacial score (nSPS) is 14.8. The van der Waals surface area contributed by atoms with Gasteiger partial charge in [-0.15, -0.1) is 0 Å². The SMILES string of the molecule is Cc1c[n+](C)c(-c2ccccc2C)cc1-c1cccc2c1oc1c(C3CCCCC3)cccc12. The third-order valence-corrected chi connectivity index (χ3v) is 7.78. The Hall–Kier alpha value is -3.39. The first-order chi connectivity index (χ1) is 16.6. The van der Waals surface area contributed by atoms with E-state index >= 15 is 0 Å². The van der Waals surface area contributed by atoms with Gasteiger partial charge in [0.2, 0.25) is 5.69 Å². The average Bonchev–Trinajstić information content (AvgIpc) is 3.25. The van der Waals surface area contributed by atoms with E-state index in [2.05, 4.69) is 98.4 Å². The maximum Gasteiger partial charge on any atom is 0.213 e. The summed E-state index contributed by atoms with van der Waals surface area (Å²) >= 11 is 0. The summed E-state index contributed by atoms with van der Waals surface area (Å²) in [5.41, 5.74) is 10.9. The van der Waals surface area contributed by atoms with Gasteiger partial charge in [0.1, 0.15) is 18.2 Å². The molecule has 2 heterocycles. The van der Waals surface area contributed by atoms with Gasteiger partial charge in [-0.05, 0) is 49.8 Å². The van der Waals surface area contributed by atoms with Gasteiger partial charge in [0.05, 0.1) is 0 Å². The topological polar surface area (TPSA) is 17.0 Å². The highest BCUT2D eigenvalue weighted by Crippen LogP contribution is 2.42. The van der Waals surface area contributed by atoms with Crippen LogP contribution in [0.1, 0.15) is 54.7 Å². The largest absolute Gasteiger partial charge is 0.455 e.